The summed E-state index contributed by atoms with van der Waals surface area (Å²) < 4.78 is 28.9. The quantitative estimate of drug-likeness (QED) is 0.680. The summed E-state index contributed by atoms with van der Waals surface area (Å²) in [6.07, 6.45) is 2.18. The van der Waals surface area contributed by atoms with Crippen molar-refractivity contribution in [3.05, 3.63) is 93.4 Å². The Bertz CT molecular complexity index is 1310. The highest BCUT2D eigenvalue weighted by Crippen LogP contribution is 2.27. The molecule has 0 fully saturated rings. The Morgan fingerprint density at radius 3 is 2.52 bits per heavy atom. The van der Waals surface area contributed by atoms with Gasteiger partial charge >= 0.3 is 0 Å². The summed E-state index contributed by atoms with van der Waals surface area (Å²) >= 11 is 0. The molecule has 7 nitrogen and oxygen atoms in total. The summed E-state index contributed by atoms with van der Waals surface area (Å²) in [5.41, 5.74) is 3.06. The van der Waals surface area contributed by atoms with Crippen molar-refractivity contribution in [1.82, 2.24) is 8.87 Å². The highest BCUT2D eigenvalue weighted by molar-refractivity contribution is 7.89. The highest BCUT2D eigenvalue weighted by Gasteiger charge is 2.28. The molecule has 8 heteroatoms. The van der Waals surface area contributed by atoms with E-state index in [-0.39, 0.29) is 22.6 Å². The van der Waals surface area contributed by atoms with Gasteiger partial charge in [0.15, 0.2) is 0 Å². The van der Waals surface area contributed by atoms with Crippen molar-refractivity contribution in [3.63, 3.8) is 0 Å². The van der Waals surface area contributed by atoms with Gasteiger partial charge in [-0.05, 0) is 60.9 Å². The first-order valence-corrected chi connectivity index (χ1v) is 11.4. The molecule has 4 rings (SSSR count). The van der Waals surface area contributed by atoms with Crippen LogP contribution in [0.1, 0.15) is 27.0 Å². The molecule has 0 spiro atoms. The fourth-order valence-corrected chi connectivity index (χ4v) is 5.06. The number of sulfonamides is 1. The molecule has 0 atom stereocenters. The van der Waals surface area contributed by atoms with Crippen LogP contribution in [0.5, 0.6) is 0 Å². The van der Waals surface area contributed by atoms with E-state index in [1.807, 2.05) is 13.0 Å². The van der Waals surface area contributed by atoms with Crippen LogP contribution in [0.2, 0.25) is 0 Å². The Kier molecular flexibility index (Phi) is 5.51. The molecule has 1 aromatic heterocycles. The van der Waals surface area contributed by atoms with Gasteiger partial charge in [-0.25, -0.2) is 8.42 Å². The third-order valence-corrected chi connectivity index (χ3v) is 7.33. The molecule has 0 unspecified atom stereocenters. The summed E-state index contributed by atoms with van der Waals surface area (Å²) in [4.78, 5) is 25.0. The van der Waals surface area contributed by atoms with Gasteiger partial charge in [-0.15, -0.1) is 0 Å². The van der Waals surface area contributed by atoms with Gasteiger partial charge in [0.25, 0.3) is 11.5 Å². The van der Waals surface area contributed by atoms with Gasteiger partial charge in [-0.1, -0.05) is 23.8 Å². The van der Waals surface area contributed by atoms with Crippen molar-refractivity contribution in [2.75, 3.05) is 11.9 Å². The van der Waals surface area contributed by atoms with Gasteiger partial charge in [0.05, 0.1) is 4.90 Å². The molecule has 31 heavy (non-hydrogen) atoms. The van der Waals surface area contributed by atoms with Crippen molar-refractivity contribution in [2.45, 2.75) is 24.8 Å². The van der Waals surface area contributed by atoms with Crippen LogP contribution in [-0.4, -0.2) is 29.7 Å². The minimum absolute atomic E-state index is 0.0475. The Morgan fingerprint density at radius 2 is 1.77 bits per heavy atom. The van der Waals surface area contributed by atoms with E-state index in [9.17, 15) is 18.0 Å². The number of aryl methyl sites for hydroxylation is 2. The molecular formula is C23H23N3O4S. The van der Waals surface area contributed by atoms with Crippen molar-refractivity contribution in [3.8, 4) is 0 Å². The summed E-state index contributed by atoms with van der Waals surface area (Å²) in [5.74, 6) is -0.499. The second kappa shape index (κ2) is 8.13. The normalized spacial score (nSPS) is 14.1. The second-order valence-corrected chi connectivity index (χ2v) is 9.62. The maximum Gasteiger partial charge on any atom is 0.263 e. The molecule has 160 valence electrons. The Balaban J connectivity index is 1.57. The molecule has 2 heterocycles. The number of anilines is 1. The van der Waals surface area contributed by atoms with Crippen molar-refractivity contribution < 1.29 is 13.2 Å². The number of rotatable bonds is 4. The molecule has 0 saturated heterocycles. The van der Waals surface area contributed by atoms with Crippen LogP contribution in [0, 0.1) is 6.92 Å². The van der Waals surface area contributed by atoms with Crippen LogP contribution >= 0.6 is 0 Å². The standard InChI is InChI=1S/C23H23N3O4S/c1-16-5-9-20(10-6-16)31(29,30)26-13-11-17-7-8-19(14-18(17)15-26)24-22(27)21-4-3-12-25(2)23(21)28/h3-10,12,14H,11,13,15H2,1-2H3,(H,24,27). The molecule has 0 aliphatic carbocycles. The lowest BCUT2D eigenvalue weighted by Gasteiger charge is -2.28. The number of amides is 1. The molecule has 3 aromatic rings. The number of nitrogens with zero attached hydrogens (tertiary/aromatic N) is 2. The summed E-state index contributed by atoms with van der Waals surface area (Å²) in [5, 5.41) is 2.75. The number of hydrogen-bond donors (Lipinski definition) is 1. The maximum absolute atomic E-state index is 13.0. The number of nitrogens with one attached hydrogen (secondary N) is 1. The van der Waals surface area contributed by atoms with Crippen molar-refractivity contribution in [1.29, 1.82) is 0 Å². The number of fused-ring (bicyclic) bond motifs is 1. The first-order chi connectivity index (χ1) is 14.8. The van der Waals surface area contributed by atoms with Gasteiger partial charge < -0.3 is 9.88 Å². The minimum atomic E-state index is -3.61. The predicted octanol–water partition coefficient (Wildman–Crippen LogP) is 2.69. The lowest BCUT2D eigenvalue weighted by atomic mass is 10.0. The molecule has 1 N–H and O–H groups in total. The number of benzene rings is 2. The molecule has 0 radical (unpaired) electrons. The van der Waals surface area contributed by atoms with E-state index in [2.05, 4.69) is 5.32 Å². The summed E-state index contributed by atoms with van der Waals surface area (Å²) in [6.45, 7) is 2.53. The fraction of sp³-hybridized carbons (Fsp3) is 0.217. The lowest BCUT2D eigenvalue weighted by molar-refractivity contribution is 0.102. The average molecular weight is 438 g/mol. The minimum Gasteiger partial charge on any atom is -0.322 e. The largest absolute Gasteiger partial charge is 0.322 e. The van der Waals surface area contributed by atoms with E-state index in [1.165, 1.54) is 14.9 Å². The zero-order valence-electron chi connectivity index (χ0n) is 17.3. The highest BCUT2D eigenvalue weighted by atomic mass is 32.2. The van der Waals surface area contributed by atoms with Crippen molar-refractivity contribution in [2.24, 2.45) is 7.05 Å². The zero-order chi connectivity index (χ0) is 22.2. The van der Waals surface area contributed by atoms with Crippen LogP contribution in [0.25, 0.3) is 0 Å². The van der Waals surface area contributed by atoms with Gasteiger partial charge in [-0.2, -0.15) is 4.31 Å². The molecular weight excluding hydrogens is 414 g/mol. The second-order valence-electron chi connectivity index (χ2n) is 7.68. The third-order valence-electron chi connectivity index (χ3n) is 5.47. The maximum atomic E-state index is 13.0. The van der Waals surface area contributed by atoms with Crippen LogP contribution in [0.3, 0.4) is 0 Å². The van der Waals surface area contributed by atoms with Crippen LogP contribution in [0.4, 0.5) is 5.69 Å². The summed E-state index contributed by atoms with van der Waals surface area (Å²) in [7, 11) is -2.02. The number of pyridine rings is 1. The van der Waals surface area contributed by atoms with E-state index in [1.54, 1.807) is 55.7 Å². The first kappa shape index (κ1) is 21.0. The molecule has 0 saturated carbocycles. The van der Waals surface area contributed by atoms with E-state index >= 15 is 0 Å². The fourth-order valence-electron chi connectivity index (χ4n) is 3.64. The molecule has 1 amide bonds. The van der Waals surface area contributed by atoms with Crippen molar-refractivity contribution >= 4 is 21.6 Å². The van der Waals surface area contributed by atoms with Gasteiger partial charge in [-0.3, -0.25) is 9.59 Å². The Labute approximate surface area is 181 Å². The number of carbonyl (C=O) groups is 1. The zero-order valence-corrected chi connectivity index (χ0v) is 18.1. The number of hydrogen-bond acceptors (Lipinski definition) is 4. The molecule has 1 aliphatic heterocycles. The molecule has 2 aromatic carbocycles. The van der Waals surface area contributed by atoms with E-state index < -0.39 is 15.9 Å². The smallest absolute Gasteiger partial charge is 0.263 e. The van der Waals surface area contributed by atoms with Gasteiger partial charge in [0.1, 0.15) is 5.56 Å². The van der Waals surface area contributed by atoms with Gasteiger partial charge in [0.2, 0.25) is 10.0 Å². The lowest BCUT2D eigenvalue weighted by Crippen LogP contribution is -2.36. The van der Waals surface area contributed by atoms with E-state index in [0.717, 1.165) is 16.7 Å². The van der Waals surface area contributed by atoms with E-state index in [4.69, 9.17) is 0 Å². The van der Waals surface area contributed by atoms with Crippen LogP contribution in [-0.2, 0) is 30.0 Å². The SMILES string of the molecule is Cc1ccc(S(=O)(=O)N2CCc3ccc(NC(=O)c4cccn(C)c4=O)cc3C2)cc1. The number of carbonyl (C=O) groups excluding carboxylic acids is 1. The topological polar surface area (TPSA) is 88.5 Å². The third kappa shape index (κ3) is 4.17. The van der Waals surface area contributed by atoms with Gasteiger partial charge in [0, 0.05) is 32.0 Å². The number of aromatic nitrogens is 1. The van der Waals surface area contributed by atoms with Crippen LogP contribution < -0.4 is 10.9 Å². The first-order valence-electron chi connectivity index (χ1n) is 9.91. The Hall–Kier alpha value is -3.23. The van der Waals surface area contributed by atoms with Crippen LogP contribution in [0.15, 0.2) is 70.5 Å². The molecule has 1 aliphatic rings. The summed E-state index contributed by atoms with van der Waals surface area (Å²) in [6, 6.07) is 15.4. The molecule has 0 bridgehead atoms. The van der Waals surface area contributed by atoms with E-state index in [0.29, 0.717) is 18.7 Å². The Morgan fingerprint density at radius 1 is 1.03 bits per heavy atom. The predicted molar refractivity (Wildman–Crippen MR) is 119 cm³/mol. The monoisotopic (exact) mass is 437 g/mol. The average Bonchev–Trinajstić information content (AvgIpc) is 2.75.